The number of ketones is 1. The minimum Gasteiger partial charge on any atom is -0.508 e. The van der Waals surface area contributed by atoms with Gasteiger partial charge in [-0.25, -0.2) is 5.48 Å². The molecule has 0 saturated heterocycles. The van der Waals surface area contributed by atoms with Gasteiger partial charge in [0.1, 0.15) is 12.3 Å². The van der Waals surface area contributed by atoms with Gasteiger partial charge < -0.3 is 5.11 Å². The fourth-order valence-corrected chi connectivity index (χ4v) is 1.87. The quantitative estimate of drug-likeness (QED) is 0.249. The van der Waals surface area contributed by atoms with Gasteiger partial charge in [0.05, 0.1) is 0 Å². The molecule has 2 rings (SSSR count). The number of hydrogen-bond acceptors (Lipinski definition) is 5. The molecule has 0 saturated carbocycles. The smallest absolute Gasteiger partial charge is 0.267 e. The lowest BCUT2D eigenvalue weighted by atomic mass is 10.1. The Labute approximate surface area is 138 Å². The van der Waals surface area contributed by atoms with E-state index in [1.165, 1.54) is 17.6 Å². The second-order valence-corrected chi connectivity index (χ2v) is 4.92. The first-order valence-corrected chi connectivity index (χ1v) is 7.13. The van der Waals surface area contributed by atoms with Gasteiger partial charge in [-0.1, -0.05) is 24.3 Å². The lowest BCUT2D eigenvalue weighted by Gasteiger charge is -1.99. The number of phenols is 1. The third-order valence-corrected chi connectivity index (χ3v) is 3.14. The zero-order chi connectivity index (χ0) is 17.4. The minimum atomic E-state index is -0.626. The summed E-state index contributed by atoms with van der Waals surface area (Å²) in [4.78, 5) is 27.0. The van der Waals surface area contributed by atoms with E-state index in [-0.39, 0.29) is 18.1 Å². The molecule has 0 heterocycles. The fourth-order valence-electron chi connectivity index (χ4n) is 1.87. The van der Waals surface area contributed by atoms with Crippen LogP contribution in [0.5, 0.6) is 5.75 Å². The standard InChI is InChI=1S/C18H16N2O4/c21-16-8-3-14(4-9-16)11-19-12-17(22)15-6-1-13(2-7-15)5-10-18(23)20-24/h1-11,21,24H,12H2,(H,20,23)/b10-5+,19-11?. The van der Waals surface area contributed by atoms with Crippen LogP contribution in [0.2, 0.25) is 0 Å². The van der Waals surface area contributed by atoms with Gasteiger partial charge in [-0.15, -0.1) is 0 Å². The van der Waals surface area contributed by atoms with E-state index in [0.717, 1.165) is 11.1 Å². The minimum absolute atomic E-state index is 0.0168. The summed E-state index contributed by atoms with van der Waals surface area (Å²) in [6.45, 7) is 0.0168. The van der Waals surface area contributed by atoms with Gasteiger partial charge in [-0.2, -0.15) is 0 Å². The van der Waals surface area contributed by atoms with Crippen LogP contribution in [0.1, 0.15) is 21.5 Å². The third kappa shape index (κ3) is 5.19. The molecule has 1 amide bonds. The first-order chi connectivity index (χ1) is 11.6. The number of Topliss-reactive ketones (excluding diaryl/α,β-unsaturated/α-hetero) is 1. The molecule has 122 valence electrons. The molecule has 0 aliphatic carbocycles. The van der Waals surface area contributed by atoms with E-state index in [0.29, 0.717) is 5.56 Å². The van der Waals surface area contributed by atoms with Gasteiger partial charge in [-0.05, 0) is 41.5 Å². The molecular formula is C18H16N2O4. The van der Waals surface area contributed by atoms with Crippen molar-refractivity contribution in [3.05, 3.63) is 71.3 Å². The van der Waals surface area contributed by atoms with Crippen LogP contribution in [0.3, 0.4) is 0 Å². The number of rotatable bonds is 6. The second-order valence-electron chi connectivity index (χ2n) is 4.92. The van der Waals surface area contributed by atoms with Gasteiger partial charge in [0.25, 0.3) is 5.91 Å². The molecule has 6 nitrogen and oxygen atoms in total. The monoisotopic (exact) mass is 324 g/mol. The van der Waals surface area contributed by atoms with E-state index in [2.05, 4.69) is 4.99 Å². The number of nitrogens with zero attached hydrogens (tertiary/aromatic N) is 1. The molecule has 0 aliphatic rings. The molecule has 0 aromatic heterocycles. The van der Waals surface area contributed by atoms with Gasteiger partial charge in [-0.3, -0.25) is 19.8 Å². The van der Waals surface area contributed by atoms with Crippen LogP contribution in [0.4, 0.5) is 0 Å². The second kappa shape index (κ2) is 8.40. The van der Waals surface area contributed by atoms with Crippen LogP contribution < -0.4 is 5.48 Å². The predicted molar refractivity (Wildman–Crippen MR) is 90.3 cm³/mol. The highest BCUT2D eigenvalue weighted by atomic mass is 16.5. The zero-order valence-corrected chi connectivity index (χ0v) is 12.7. The van der Waals surface area contributed by atoms with Crippen LogP contribution in [0.25, 0.3) is 6.08 Å². The predicted octanol–water partition coefficient (Wildman–Crippen LogP) is 2.21. The van der Waals surface area contributed by atoms with E-state index in [4.69, 9.17) is 5.21 Å². The number of carbonyl (C=O) groups excluding carboxylic acids is 2. The molecule has 24 heavy (non-hydrogen) atoms. The Kier molecular flexibility index (Phi) is 5.99. The normalized spacial score (nSPS) is 11.0. The van der Waals surface area contributed by atoms with E-state index in [1.807, 2.05) is 0 Å². The van der Waals surface area contributed by atoms with Crippen molar-refractivity contribution in [3.63, 3.8) is 0 Å². The number of phenolic OH excluding ortho intramolecular Hbond substituents is 1. The average Bonchev–Trinajstić information content (AvgIpc) is 2.61. The Bertz CT molecular complexity index is 763. The summed E-state index contributed by atoms with van der Waals surface area (Å²) >= 11 is 0. The van der Waals surface area contributed by atoms with Crippen molar-refractivity contribution in [1.29, 1.82) is 0 Å². The summed E-state index contributed by atoms with van der Waals surface area (Å²) in [7, 11) is 0. The largest absolute Gasteiger partial charge is 0.508 e. The summed E-state index contributed by atoms with van der Waals surface area (Å²) < 4.78 is 0. The molecule has 0 radical (unpaired) electrons. The maximum atomic E-state index is 12.0. The molecule has 6 heteroatoms. The lowest BCUT2D eigenvalue weighted by Crippen LogP contribution is -2.14. The Balaban J connectivity index is 1.93. The maximum Gasteiger partial charge on any atom is 0.267 e. The van der Waals surface area contributed by atoms with E-state index >= 15 is 0 Å². The molecule has 0 bridgehead atoms. The topological polar surface area (TPSA) is 99.0 Å². The summed E-state index contributed by atoms with van der Waals surface area (Å²) in [5.74, 6) is -0.582. The highest BCUT2D eigenvalue weighted by molar-refractivity contribution is 5.99. The number of aromatic hydroxyl groups is 1. The average molecular weight is 324 g/mol. The van der Waals surface area contributed by atoms with Crippen LogP contribution in [-0.4, -0.2) is 34.8 Å². The SMILES string of the molecule is O=C(/C=C/c1ccc(C(=O)CN=Cc2ccc(O)cc2)cc1)NO. The van der Waals surface area contributed by atoms with Crippen molar-refractivity contribution < 1.29 is 19.9 Å². The first kappa shape index (κ1) is 17.1. The number of aliphatic imine (C=N–C) groups is 1. The van der Waals surface area contributed by atoms with E-state index in [1.54, 1.807) is 54.7 Å². The highest BCUT2D eigenvalue weighted by Gasteiger charge is 2.04. The molecule has 2 aromatic rings. The van der Waals surface area contributed by atoms with Gasteiger partial charge in [0, 0.05) is 17.9 Å². The van der Waals surface area contributed by atoms with Crippen molar-refractivity contribution >= 4 is 24.0 Å². The van der Waals surface area contributed by atoms with Crippen molar-refractivity contribution in [3.8, 4) is 5.75 Å². The Morgan fingerprint density at radius 2 is 1.62 bits per heavy atom. The third-order valence-electron chi connectivity index (χ3n) is 3.14. The van der Waals surface area contributed by atoms with Crippen molar-refractivity contribution in [2.24, 2.45) is 4.99 Å². The Morgan fingerprint density at radius 1 is 1.00 bits per heavy atom. The van der Waals surface area contributed by atoms with Crippen molar-refractivity contribution in [2.75, 3.05) is 6.54 Å². The van der Waals surface area contributed by atoms with E-state index < -0.39 is 5.91 Å². The van der Waals surface area contributed by atoms with Crippen molar-refractivity contribution in [2.45, 2.75) is 0 Å². The zero-order valence-electron chi connectivity index (χ0n) is 12.7. The molecule has 0 atom stereocenters. The van der Waals surface area contributed by atoms with Crippen molar-refractivity contribution in [1.82, 2.24) is 5.48 Å². The number of hydroxylamine groups is 1. The summed E-state index contributed by atoms with van der Waals surface area (Å²) in [6, 6.07) is 13.2. The highest BCUT2D eigenvalue weighted by Crippen LogP contribution is 2.09. The molecule has 0 spiro atoms. The Morgan fingerprint density at radius 3 is 2.25 bits per heavy atom. The number of carbonyl (C=O) groups is 2. The number of nitrogens with one attached hydrogen (secondary N) is 1. The molecule has 0 aliphatic heterocycles. The summed E-state index contributed by atoms with van der Waals surface area (Å²) in [5, 5.41) is 17.6. The van der Waals surface area contributed by atoms with Crippen LogP contribution in [-0.2, 0) is 4.79 Å². The summed E-state index contributed by atoms with van der Waals surface area (Å²) in [5.41, 5.74) is 3.53. The van der Waals surface area contributed by atoms with E-state index in [9.17, 15) is 14.7 Å². The molecular weight excluding hydrogens is 308 g/mol. The number of benzene rings is 2. The van der Waals surface area contributed by atoms with Crippen LogP contribution in [0.15, 0.2) is 59.6 Å². The number of amides is 1. The lowest BCUT2D eigenvalue weighted by molar-refractivity contribution is -0.124. The Hall–Kier alpha value is -3.25. The summed E-state index contributed by atoms with van der Waals surface area (Å²) in [6.07, 6.45) is 4.27. The molecule has 2 aromatic carbocycles. The van der Waals surface area contributed by atoms with Crippen LogP contribution in [0, 0.1) is 0 Å². The van der Waals surface area contributed by atoms with Gasteiger partial charge >= 0.3 is 0 Å². The first-order valence-electron chi connectivity index (χ1n) is 7.13. The maximum absolute atomic E-state index is 12.0. The fraction of sp³-hybridized carbons (Fsp3) is 0.0556. The number of hydrogen-bond donors (Lipinski definition) is 3. The molecule has 0 unspecified atom stereocenters. The van der Waals surface area contributed by atoms with Gasteiger partial charge in [0.2, 0.25) is 0 Å². The molecule has 0 fully saturated rings. The van der Waals surface area contributed by atoms with Gasteiger partial charge in [0.15, 0.2) is 5.78 Å². The van der Waals surface area contributed by atoms with Crippen LogP contribution >= 0.6 is 0 Å². The molecule has 3 N–H and O–H groups in total.